The first-order chi connectivity index (χ1) is 9.25. The first-order valence-corrected chi connectivity index (χ1v) is 8.08. The highest BCUT2D eigenvalue weighted by atomic mass is 32.2. The standard InChI is InChI=1S/C12H21N5OS/c18-12(5-1-2-6-12)9-19-11-14-15-16-17(11)8-7-13-10-3-4-10/h10,13,18H,1-9H2. The van der Waals surface area contributed by atoms with Crippen molar-refractivity contribution in [1.29, 1.82) is 0 Å². The Balaban J connectivity index is 1.48. The number of nitrogens with zero attached hydrogens (tertiary/aromatic N) is 4. The Labute approximate surface area is 117 Å². The molecule has 0 amide bonds. The van der Waals surface area contributed by atoms with Crippen LogP contribution in [0, 0.1) is 0 Å². The SMILES string of the molecule is OC1(CSc2nnnn2CCNC2CC2)CCCC1. The van der Waals surface area contributed by atoms with Crippen LogP contribution >= 0.6 is 11.8 Å². The van der Waals surface area contributed by atoms with Crippen molar-refractivity contribution in [3.63, 3.8) is 0 Å². The van der Waals surface area contributed by atoms with E-state index in [2.05, 4.69) is 20.8 Å². The summed E-state index contributed by atoms with van der Waals surface area (Å²) < 4.78 is 1.83. The number of hydrogen-bond donors (Lipinski definition) is 2. The molecule has 0 aromatic carbocycles. The summed E-state index contributed by atoms with van der Waals surface area (Å²) in [7, 11) is 0. The maximum absolute atomic E-state index is 10.3. The molecule has 0 bridgehead atoms. The molecule has 2 N–H and O–H groups in total. The van der Waals surface area contributed by atoms with E-state index < -0.39 is 5.60 Å². The molecule has 1 aromatic heterocycles. The molecule has 0 aliphatic heterocycles. The predicted molar refractivity (Wildman–Crippen MR) is 73.0 cm³/mol. The first kappa shape index (κ1) is 13.3. The van der Waals surface area contributed by atoms with E-state index in [1.807, 2.05) is 4.68 Å². The normalized spacial score (nSPS) is 21.9. The minimum atomic E-state index is -0.506. The molecular weight excluding hydrogens is 262 g/mol. The molecule has 2 aliphatic carbocycles. The molecule has 0 radical (unpaired) electrons. The molecule has 2 fully saturated rings. The second-order valence-corrected chi connectivity index (χ2v) is 6.58. The second kappa shape index (κ2) is 5.76. The Morgan fingerprint density at radius 1 is 1.37 bits per heavy atom. The predicted octanol–water partition coefficient (Wildman–Crippen LogP) is 0.822. The van der Waals surface area contributed by atoms with Gasteiger partial charge in [-0.25, -0.2) is 4.68 Å². The van der Waals surface area contributed by atoms with E-state index in [1.54, 1.807) is 11.8 Å². The van der Waals surface area contributed by atoms with Crippen LogP contribution in [0.4, 0.5) is 0 Å². The minimum absolute atomic E-state index is 0.506. The second-order valence-electron chi connectivity index (χ2n) is 5.63. The van der Waals surface area contributed by atoms with Crippen molar-refractivity contribution >= 4 is 11.8 Å². The lowest BCUT2D eigenvalue weighted by atomic mass is 10.1. The molecule has 1 heterocycles. The molecule has 2 saturated carbocycles. The highest BCUT2D eigenvalue weighted by Crippen LogP contribution is 2.33. The summed E-state index contributed by atoms with van der Waals surface area (Å²) in [6.45, 7) is 1.71. The van der Waals surface area contributed by atoms with Gasteiger partial charge >= 0.3 is 0 Å². The molecule has 3 rings (SSSR count). The number of aliphatic hydroxyl groups is 1. The Bertz CT molecular complexity index is 414. The number of thioether (sulfide) groups is 1. The zero-order valence-corrected chi connectivity index (χ0v) is 11.9. The van der Waals surface area contributed by atoms with Gasteiger partial charge in [0, 0.05) is 18.3 Å². The summed E-state index contributed by atoms with van der Waals surface area (Å²) in [5.74, 6) is 0.698. The lowest BCUT2D eigenvalue weighted by Crippen LogP contribution is -2.27. The van der Waals surface area contributed by atoms with Crippen molar-refractivity contribution in [2.24, 2.45) is 0 Å². The topological polar surface area (TPSA) is 75.9 Å². The van der Waals surface area contributed by atoms with E-state index in [9.17, 15) is 5.11 Å². The summed E-state index contributed by atoms with van der Waals surface area (Å²) in [4.78, 5) is 0. The van der Waals surface area contributed by atoms with Crippen molar-refractivity contribution in [2.45, 2.75) is 61.9 Å². The quantitative estimate of drug-likeness (QED) is 0.722. The summed E-state index contributed by atoms with van der Waals surface area (Å²) in [6.07, 6.45) is 6.67. The van der Waals surface area contributed by atoms with Gasteiger partial charge in [-0.05, 0) is 36.1 Å². The molecule has 0 unspecified atom stereocenters. The van der Waals surface area contributed by atoms with E-state index in [0.717, 1.165) is 43.9 Å². The Hall–Kier alpha value is -0.660. The third-order valence-electron chi connectivity index (χ3n) is 3.84. The minimum Gasteiger partial charge on any atom is -0.389 e. The van der Waals surface area contributed by atoms with Crippen LogP contribution in [-0.4, -0.2) is 49.3 Å². The van der Waals surface area contributed by atoms with Crippen molar-refractivity contribution < 1.29 is 5.11 Å². The monoisotopic (exact) mass is 283 g/mol. The van der Waals surface area contributed by atoms with Gasteiger partial charge in [0.1, 0.15) is 0 Å². The van der Waals surface area contributed by atoms with Gasteiger partial charge in [0.25, 0.3) is 0 Å². The fourth-order valence-electron chi connectivity index (χ4n) is 2.48. The van der Waals surface area contributed by atoms with Gasteiger partial charge in [-0.15, -0.1) is 5.10 Å². The van der Waals surface area contributed by atoms with E-state index in [0.29, 0.717) is 11.8 Å². The summed E-state index contributed by atoms with van der Waals surface area (Å²) in [5.41, 5.74) is -0.506. The molecular formula is C12H21N5OS. The Kier molecular flexibility index (Phi) is 4.04. The smallest absolute Gasteiger partial charge is 0.209 e. The third kappa shape index (κ3) is 3.67. The Morgan fingerprint density at radius 2 is 2.16 bits per heavy atom. The average Bonchev–Trinajstić information content (AvgIpc) is 2.94. The van der Waals surface area contributed by atoms with Crippen LogP contribution in [-0.2, 0) is 6.54 Å². The van der Waals surface area contributed by atoms with Crippen LogP contribution in [0.1, 0.15) is 38.5 Å². The third-order valence-corrected chi connectivity index (χ3v) is 5.07. The van der Waals surface area contributed by atoms with Crippen LogP contribution in [0.2, 0.25) is 0 Å². The number of aromatic nitrogens is 4. The highest BCUT2D eigenvalue weighted by molar-refractivity contribution is 7.99. The fourth-order valence-corrected chi connectivity index (χ4v) is 3.54. The summed E-state index contributed by atoms with van der Waals surface area (Å²) in [5, 5.41) is 26.4. The molecule has 6 nitrogen and oxygen atoms in total. The van der Waals surface area contributed by atoms with Crippen molar-refractivity contribution in [3.05, 3.63) is 0 Å². The van der Waals surface area contributed by atoms with Gasteiger partial charge in [0.2, 0.25) is 5.16 Å². The molecule has 7 heteroatoms. The lowest BCUT2D eigenvalue weighted by molar-refractivity contribution is 0.0732. The van der Waals surface area contributed by atoms with E-state index in [-0.39, 0.29) is 0 Å². The molecule has 1 aromatic rings. The van der Waals surface area contributed by atoms with Gasteiger partial charge in [0.05, 0.1) is 12.1 Å². The largest absolute Gasteiger partial charge is 0.389 e. The molecule has 106 valence electrons. The molecule has 0 atom stereocenters. The average molecular weight is 283 g/mol. The molecule has 19 heavy (non-hydrogen) atoms. The van der Waals surface area contributed by atoms with E-state index in [4.69, 9.17) is 0 Å². The number of nitrogens with one attached hydrogen (secondary N) is 1. The van der Waals surface area contributed by atoms with Crippen molar-refractivity contribution in [2.75, 3.05) is 12.3 Å². The Morgan fingerprint density at radius 3 is 2.89 bits per heavy atom. The van der Waals surface area contributed by atoms with E-state index >= 15 is 0 Å². The number of hydrogen-bond acceptors (Lipinski definition) is 6. The maximum atomic E-state index is 10.3. The molecule has 0 saturated heterocycles. The van der Waals surface area contributed by atoms with Gasteiger partial charge in [-0.3, -0.25) is 0 Å². The van der Waals surface area contributed by atoms with Gasteiger partial charge < -0.3 is 10.4 Å². The van der Waals surface area contributed by atoms with Crippen LogP contribution < -0.4 is 5.32 Å². The molecule has 0 spiro atoms. The van der Waals surface area contributed by atoms with Crippen LogP contribution in [0.5, 0.6) is 0 Å². The molecule has 2 aliphatic rings. The first-order valence-electron chi connectivity index (χ1n) is 7.10. The van der Waals surface area contributed by atoms with Crippen LogP contribution in [0.3, 0.4) is 0 Å². The van der Waals surface area contributed by atoms with E-state index in [1.165, 1.54) is 12.8 Å². The van der Waals surface area contributed by atoms with Crippen LogP contribution in [0.15, 0.2) is 5.16 Å². The van der Waals surface area contributed by atoms with Gasteiger partial charge in [-0.2, -0.15) is 0 Å². The van der Waals surface area contributed by atoms with Crippen molar-refractivity contribution in [1.82, 2.24) is 25.5 Å². The van der Waals surface area contributed by atoms with Crippen LogP contribution in [0.25, 0.3) is 0 Å². The maximum Gasteiger partial charge on any atom is 0.209 e. The number of rotatable bonds is 7. The van der Waals surface area contributed by atoms with Crippen molar-refractivity contribution in [3.8, 4) is 0 Å². The summed E-state index contributed by atoms with van der Waals surface area (Å²) in [6, 6.07) is 0.715. The fraction of sp³-hybridized carbons (Fsp3) is 0.917. The zero-order valence-electron chi connectivity index (χ0n) is 11.1. The highest BCUT2D eigenvalue weighted by Gasteiger charge is 2.31. The van der Waals surface area contributed by atoms with Gasteiger partial charge in [-0.1, -0.05) is 24.6 Å². The number of tetrazole rings is 1. The van der Waals surface area contributed by atoms with Gasteiger partial charge in [0.15, 0.2) is 0 Å². The zero-order chi connectivity index (χ0) is 13.1. The summed E-state index contributed by atoms with van der Waals surface area (Å²) >= 11 is 1.57. The lowest BCUT2D eigenvalue weighted by Gasteiger charge is -2.20.